The van der Waals surface area contributed by atoms with Gasteiger partial charge in [0.05, 0.1) is 6.61 Å². The van der Waals surface area contributed by atoms with Crippen molar-refractivity contribution < 1.29 is 14.2 Å². The Balaban J connectivity index is 2.98. The molecule has 0 spiro atoms. The van der Waals surface area contributed by atoms with Crippen LogP contribution < -0.4 is 4.74 Å². The van der Waals surface area contributed by atoms with Crippen molar-refractivity contribution in [1.29, 1.82) is 0 Å². The number of benzene rings is 1. The molecule has 0 bridgehead atoms. The maximum Gasteiger partial charge on any atom is 0.194 e. The van der Waals surface area contributed by atoms with Gasteiger partial charge in [0.15, 0.2) is 5.79 Å². The van der Waals surface area contributed by atoms with Crippen LogP contribution in [0, 0.1) is 6.92 Å². The van der Waals surface area contributed by atoms with Crippen LogP contribution in [0.3, 0.4) is 0 Å². The topological polar surface area (TPSA) is 27.7 Å². The zero-order valence-electron chi connectivity index (χ0n) is 9.45. The first kappa shape index (κ1) is 12.0. The Morgan fingerprint density at radius 2 is 1.93 bits per heavy atom. The van der Waals surface area contributed by atoms with Crippen LogP contribution in [-0.4, -0.2) is 20.8 Å². The predicted molar refractivity (Wildman–Crippen MR) is 58.7 cm³/mol. The largest absolute Gasteiger partial charge is 0.494 e. The first-order chi connectivity index (χ1) is 7.16. The molecule has 1 radical (unpaired) electrons. The van der Waals surface area contributed by atoms with Crippen molar-refractivity contribution in [2.75, 3.05) is 20.8 Å². The summed E-state index contributed by atoms with van der Waals surface area (Å²) in [6.07, 6.45) is 0. The van der Waals surface area contributed by atoms with Crippen LogP contribution in [0.25, 0.3) is 0 Å². The van der Waals surface area contributed by atoms with Gasteiger partial charge in [-0.05, 0) is 19.1 Å². The molecular formula is C12H17O3. The van der Waals surface area contributed by atoms with Gasteiger partial charge >= 0.3 is 0 Å². The van der Waals surface area contributed by atoms with Crippen molar-refractivity contribution in [1.82, 2.24) is 0 Å². The van der Waals surface area contributed by atoms with E-state index in [0.717, 1.165) is 11.3 Å². The molecule has 0 saturated carbocycles. The van der Waals surface area contributed by atoms with Gasteiger partial charge in [0.25, 0.3) is 0 Å². The summed E-state index contributed by atoms with van der Waals surface area (Å²) in [7, 11) is 3.12. The maximum atomic E-state index is 5.39. The third kappa shape index (κ3) is 2.70. The second kappa shape index (κ2) is 5.14. The van der Waals surface area contributed by atoms with E-state index in [1.165, 1.54) is 0 Å². The molecule has 0 heterocycles. The van der Waals surface area contributed by atoms with Gasteiger partial charge in [-0.25, -0.2) is 0 Å². The summed E-state index contributed by atoms with van der Waals surface area (Å²) in [4.78, 5) is 0. The number of ether oxygens (including phenoxy) is 3. The van der Waals surface area contributed by atoms with E-state index < -0.39 is 5.79 Å². The highest BCUT2D eigenvalue weighted by atomic mass is 16.7. The summed E-state index contributed by atoms with van der Waals surface area (Å²) in [6, 6.07) is 7.53. The lowest BCUT2D eigenvalue weighted by Gasteiger charge is -2.26. The highest BCUT2D eigenvalue weighted by Gasteiger charge is 2.25. The fourth-order valence-corrected chi connectivity index (χ4v) is 1.31. The molecule has 1 rings (SSSR count). The van der Waals surface area contributed by atoms with Gasteiger partial charge in [0.2, 0.25) is 0 Å². The highest BCUT2D eigenvalue weighted by Crippen LogP contribution is 2.27. The van der Waals surface area contributed by atoms with Crippen LogP contribution in [0.2, 0.25) is 0 Å². The molecular weight excluding hydrogens is 192 g/mol. The van der Waals surface area contributed by atoms with Gasteiger partial charge in [-0.3, -0.25) is 0 Å². The monoisotopic (exact) mass is 209 g/mol. The average Bonchev–Trinajstić information content (AvgIpc) is 2.29. The molecule has 0 unspecified atom stereocenters. The molecule has 0 aliphatic heterocycles. The van der Waals surface area contributed by atoms with Crippen molar-refractivity contribution in [2.45, 2.75) is 12.7 Å². The van der Waals surface area contributed by atoms with Gasteiger partial charge in [0.1, 0.15) is 5.75 Å². The molecule has 3 heteroatoms. The van der Waals surface area contributed by atoms with Crippen LogP contribution in [0.5, 0.6) is 5.75 Å². The number of rotatable bonds is 5. The van der Waals surface area contributed by atoms with Crippen molar-refractivity contribution in [3.8, 4) is 5.75 Å². The van der Waals surface area contributed by atoms with Gasteiger partial charge in [-0.1, -0.05) is 12.1 Å². The fraction of sp³-hybridized carbons (Fsp3) is 0.417. The molecule has 0 fully saturated rings. The van der Waals surface area contributed by atoms with E-state index in [1.54, 1.807) is 14.2 Å². The van der Waals surface area contributed by atoms with Crippen molar-refractivity contribution >= 4 is 0 Å². The first-order valence-electron chi connectivity index (χ1n) is 4.85. The molecule has 3 nitrogen and oxygen atoms in total. The predicted octanol–water partition coefficient (Wildman–Crippen LogP) is 2.36. The molecule has 0 aromatic heterocycles. The Hall–Kier alpha value is -1.06. The van der Waals surface area contributed by atoms with Crippen LogP contribution in [0.4, 0.5) is 0 Å². The summed E-state index contributed by atoms with van der Waals surface area (Å²) in [5.74, 6) is -0.176. The number of hydrogen-bond donors (Lipinski definition) is 0. The molecule has 0 aliphatic rings. The average molecular weight is 209 g/mol. The standard InChI is InChI=1S/C12H17O3/c1-5-15-11-8-6-7-10(9-11)12(2,13-3)14-4/h6-9H,2,5H2,1,3-4H3. The molecule has 0 aliphatic carbocycles. The zero-order chi connectivity index (χ0) is 11.3. The summed E-state index contributed by atoms with van der Waals surface area (Å²) in [5, 5.41) is 0. The van der Waals surface area contributed by atoms with Gasteiger partial charge in [0, 0.05) is 26.7 Å². The minimum absolute atomic E-state index is 0.633. The van der Waals surface area contributed by atoms with E-state index in [4.69, 9.17) is 14.2 Å². The SMILES string of the molecule is [CH2]C(OC)(OC)c1cccc(OCC)c1. The lowest BCUT2D eigenvalue weighted by molar-refractivity contribution is -0.180. The first-order valence-corrected chi connectivity index (χ1v) is 4.85. The summed E-state index contributed by atoms with van der Waals surface area (Å²) in [5.41, 5.74) is 0.832. The van der Waals surface area contributed by atoms with Gasteiger partial charge < -0.3 is 14.2 Å². The van der Waals surface area contributed by atoms with E-state index in [-0.39, 0.29) is 0 Å². The lowest BCUT2D eigenvalue weighted by Crippen LogP contribution is -2.26. The fourth-order valence-electron chi connectivity index (χ4n) is 1.31. The Morgan fingerprint density at radius 1 is 1.27 bits per heavy atom. The normalized spacial score (nSPS) is 11.5. The minimum Gasteiger partial charge on any atom is -0.494 e. The molecule has 83 valence electrons. The zero-order valence-corrected chi connectivity index (χ0v) is 9.45. The van der Waals surface area contributed by atoms with Crippen molar-refractivity contribution in [3.63, 3.8) is 0 Å². The van der Waals surface area contributed by atoms with Gasteiger partial charge in [-0.2, -0.15) is 0 Å². The summed E-state index contributed by atoms with van der Waals surface area (Å²) in [6.45, 7) is 6.45. The van der Waals surface area contributed by atoms with E-state index in [1.807, 2.05) is 31.2 Å². The molecule has 0 atom stereocenters. The van der Waals surface area contributed by atoms with E-state index in [2.05, 4.69) is 6.92 Å². The molecule has 1 aromatic rings. The number of hydrogen-bond acceptors (Lipinski definition) is 3. The van der Waals surface area contributed by atoms with Crippen LogP contribution >= 0.6 is 0 Å². The molecule has 0 amide bonds. The van der Waals surface area contributed by atoms with Gasteiger partial charge in [-0.15, -0.1) is 0 Å². The van der Waals surface area contributed by atoms with Crippen LogP contribution in [0.15, 0.2) is 24.3 Å². The van der Waals surface area contributed by atoms with E-state index in [0.29, 0.717) is 6.61 Å². The lowest BCUT2D eigenvalue weighted by atomic mass is 10.1. The second-order valence-electron chi connectivity index (χ2n) is 3.12. The van der Waals surface area contributed by atoms with E-state index in [9.17, 15) is 0 Å². The number of methoxy groups -OCH3 is 2. The minimum atomic E-state index is -0.965. The quantitative estimate of drug-likeness (QED) is 0.697. The highest BCUT2D eigenvalue weighted by molar-refractivity contribution is 5.32. The van der Waals surface area contributed by atoms with Crippen LogP contribution in [0.1, 0.15) is 12.5 Å². The molecule has 1 aromatic carbocycles. The Labute approximate surface area is 91.0 Å². The second-order valence-corrected chi connectivity index (χ2v) is 3.12. The Kier molecular flexibility index (Phi) is 4.12. The maximum absolute atomic E-state index is 5.39. The Bertz CT molecular complexity index is 305. The summed E-state index contributed by atoms with van der Waals surface area (Å²) >= 11 is 0. The van der Waals surface area contributed by atoms with Crippen molar-refractivity contribution in [2.24, 2.45) is 0 Å². The van der Waals surface area contributed by atoms with Crippen molar-refractivity contribution in [3.05, 3.63) is 36.8 Å². The molecule has 0 N–H and O–H groups in total. The van der Waals surface area contributed by atoms with Crippen LogP contribution in [-0.2, 0) is 15.3 Å². The smallest absolute Gasteiger partial charge is 0.194 e. The third-order valence-corrected chi connectivity index (χ3v) is 2.24. The summed E-state index contributed by atoms with van der Waals surface area (Å²) < 4.78 is 15.8. The third-order valence-electron chi connectivity index (χ3n) is 2.24. The molecule has 0 saturated heterocycles. The Morgan fingerprint density at radius 3 is 2.47 bits per heavy atom. The molecule has 15 heavy (non-hydrogen) atoms. The van der Waals surface area contributed by atoms with E-state index >= 15 is 0 Å².